The van der Waals surface area contributed by atoms with E-state index in [0.717, 1.165) is 20.9 Å². The molecule has 0 saturated carbocycles. The minimum Gasteiger partial charge on any atom is -0.315 e. The number of thiophene rings is 2. The molecular formula is C13H18N2O2S3. The molecule has 0 saturated heterocycles. The highest BCUT2D eigenvalue weighted by molar-refractivity contribution is 7.89. The van der Waals surface area contributed by atoms with Crippen molar-refractivity contribution in [1.82, 2.24) is 10.0 Å². The Bertz CT molecular complexity index is 686. The summed E-state index contributed by atoms with van der Waals surface area (Å²) in [5.74, 6) is 0. The first-order valence-electron chi connectivity index (χ1n) is 6.20. The van der Waals surface area contributed by atoms with Crippen LogP contribution in [0.25, 0.3) is 0 Å². The molecule has 2 heterocycles. The molecule has 0 bridgehead atoms. The number of rotatable bonds is 6. The van der Waals surface area contributed by atoms with E-state index in [0.29, 0.717) is 18.0 Å². The molecule has 0 fully saturated rings. The van der Waals surface area contributed by atoms with Crippen molar-refractivity contribution in [3.63, 3.8) is 0 Å². The van der Waals surface area contributed by atoms with Gasteiger partial charge in [-0.1, -0.05) is 0 Å². The second-order valence-corrected chi connectivity index (χ2v) is 8.22. The Labute approximate surface area is 127 Å². The third-order valence-corrected chi connectivity index (χ3v) is 6.87. The van der Waals surface area contributed by atoms with Crippen LogP contribution in [-0.2, 0) is 23.1 Å². The molecule has 0 aromatic carbocycles. The van der Waals surface area contributed by atoms with Crippen molar-refractivity contribution in [1.29, 1.82) is 0 Å². The molecule has 0 unspecified atom stereocenters. The third-order valence-electron chi connectivity index (χ3n) is 2.99. The summed E-state index contributed by atoms with van der Waals surface area (Å²) in [4.78, 5) is 2.32. The standard InChI is InChI=1S/C13H18N2O2S3/c1-9-4-5-18-11(9)7-15-20(16,17)13-10(2)8-19-12(13)6-14-3/h4-5,8,14-15H,6-7H2,1-3H3. The summed E-state index contributed by atoms with van der Waals surface area (Å²) in [5, 5.41) is 6.87. The number of hydrogen-bond donors (Lipinski definition) is 2. The average molecular weight is 330 g/mol. The van der Waals surface area contributed by atoms with Crippen LogP contribution >= 0.6 is 22.7 Å². The quantitative estimate of drug-likeness (QED) is 0.856. The molecule has 2 aromatic rings. The summed E-state index contributed by atoms with van der Waals surface area (Å²) >= 11 is 3.04. The fourth-order valence-electron chi connectivity index (χ4n) is 1.95. The second kappa shape index (κ2) is 6.36. The minimum atomic E-state index is -3.47. The Morgan fingerprint density at radius 3 is 2.45 bits per heavy atom. The van der Waals surface area contributed by atoms with E-state index in [1.807, 2.05) is 37.7 Å². The van der Waals surface area contributed by atoms with E-state index in [4.69, 9.17) is 0 Å². The van der Waals surface area contributed by atoms with E-state index in [2.05, 4.69) is 10.0 Å². The lowest BCUT2D eigenvalue weighted by Gasteiger charge is -2.09. The maximum absolute atomic E-state index is 12.5. The van der Waals surface area contributed by atoms with Crippen LogP contribution in [0.1, 0.15) is 20.9 Å². The molecule has 7 heteroatoms. The van der Waals surface area contributed by atoms with Crippen LogP contribution < -0.4 is 10.0 Å². The zero-order valence-corrected chi connectivity index (χ0v) is 14.1. The average Bonchev–Trinajstić information content (AvgIpc) is 2.94. The van der Waals surface area contributed by atoms with E-state index in [1.165, 1.54) is 11.3 Å². The topological polar surface area (TPSA) is 58.2 Å². The summed E-state index contributed by atoms with van der Waals surface area (Å²) in [5.41, 5.74) is 1.92. The van der Waals surface area contributed by atoms with Crippen LogP contribution in [0, 0.1) is 13.8 Å². The van der Waals surface area contributed by atoms with Crippen molar-refractivity contribution in [2.45, 2.75) is 31.8 Å². The van der Waals surface area contributed by atoms with Gasteiger partial charge in [0.25, 0.3) is 0 Å². The highest BCUT2D eigenvalue weighted by Gasteiger charge is 2.22. The fraction of sp³-hybridized carbons (Fsp3) is 0.385. The van der Waals surface area contributed by atoms with Crippen LogP contribution in [0.5, 0.6) is 0 Å². The van der Waals surface area contributed by atoms with Gasteiger partial charge in [-0.3, -0.25) is 0 Å². The number of hydrogen-bond acceptors (Lipinski definition) is 5. The molecule has 0 aliphatic heterocycles. The second-order valence-electron chi connectivity index (χ2n) is 4.55. The highest BCUT2D eigenvalue weighted by Crippen LogP contribution is 2.27. The Kier molecular flexibility index (Phi) is 4.98. The van der Waals surface area contributed by atoms with Gasteiger partial charge in [-0.25, -0.2) is 13.1 Å². The molecule has 0 radical (unpaired) electrons. The molecule has 110 valence electrons. The molecule has 2 rings (SSSR count). The Morgan fingerprint density at radius 1 is 1.10 bits per heavy atom. The van der Waals surface area contributed by atoms with Crippen molar-refractivity contribution in [2.24, 2.45) is 0 Å². The zero-order valence-electron chi connectivity index (χ0n) is 11.7. The molecule has 4 nitrogen and oxygen atoms in total. The fourth-order valence-corrected chi connectivity index (χ4v) is 5.70. The Balaban J connectivity index is 2.22. The van der Waals surface area contributed by atoms with Gasteiger partial charge < -0.3 is 5.32 Å². The van der Waals surface area contributed by atoms with Crippen LogP contribution in [0.15, 0.2) is 21.7 Å². The van der Waals surface area contributed by atoms with Gasteiger partial charge in [-0.15, -0.1) is 22.7 Å². The molecule has 20 heavy (non-hydrogen) atoms. The largest absolute Gasteiger partial charge is 0.315 e. The monoisotopic (exact) mass is 330 g/mol. The first kappa shape index (κ1) is 15.7. The van der Waals surface area contributed by atoms with Gasteiger partial charge in [0.05, 0.1) is 0 Å². The van der Waals surface area contributed by atoms with E-state index in [-0.39, 0.29) is 0 Å². The van der Waals surface area contributed by atoms with Crippen LogP contribution in [0.4, 0.5) is 0 Å². The summed E-state index contributed by atoms with van der Waals surface area (Å²) in [7, 11) is -1.65. The van der Waals surface area contributed by atoms with Gasteiger partial charge in [-0.2, -0.15) is 0 Å². The molecule has 0 spiro atoms. The van der Waals surface area contributed by atoms with E-state index in [9.17, 15) is 8.42 Å². The summed E-state index contributed by atoms with van der Waals surface area (Å²) in [6.45, 7) is 4.73. The Hall–Kier alpha value is -0.730. The van der Waals surface area contributed by atoms with E-state index >= 15 is 0 Å². The van der Waals surface area contributed by atoms with Crippen molar-refractivity contribution in [3.8, 4) is 0 Å². The van der Waals surface area contributed by atoms with Crippen LogP contribution in [0.2, 0.25) is 0 Å². The van der Waals surface area contributed by atoms with Gasteiger partial charge in [0.1, 0.15) is 4.90 Å². The van der Waals surface area contributed by atoms with Gasteiger partial charge in [0.15, 0.2) is 0 Å². The predicted octanol–water partition coefficient (Wildman–Crippen LogP) is 2.62. The smallest absolute Gasteiger partial charge is 0.242 e. The molecule has 2 aromatic heterocycles. The first-order chi connectivity index (χ1) is 9.45. The maximum Gasteiger partial charge on any atom is 0.242 e. The molecule has 0 aliphatic carbocycles. The van der Waals surface area contributed by atoms with E-state index < -0.39 is 10.0 Å². The van der Waals surface area contributed by atoms with Gasteiger partial charge in [0, 0.05) is 22.8 Å². The number of aryl methyl sites for hydroxylation is 2. The Morgan fingerprint density at radius 2 is 1.85 bits per heavy atom. The third kappa shape index (κ3) is 3.29. The SMILES string of the molecule is CNCc1scc(C)c1S(=O)(=O)NCc1sccc1C. The maximum atomic E-state index is 12.5. The lowest BCUT2D eigenvalue weighted by Crippen LogP contribution is -2.25. The van der Waals surface area contributed by atoms with Crippen molar-refractivity contribution >= 4 is 32.7 Å². The number of sulfonamides is 1. The number of nitrogens with one attached hydrogen (secondary N) is 2. The summed E-state index contributed by atoms with van der Waals surface area (Å²) in [6.07, 6.45) is 0. The first-order valence-corrected chi connectivity index (χ1v) is 9.44. The normalized spacial score (nSPS) is 11.9. The molecule has 0 aliphatic rings. The van der Waals surface area contributed by atoms with E-state index in [1.54, 1.807) is 11.3 Å². The van der Waals surface area contributed by atoms with Crippen molar-refractivity contribution in [2.75, 3.05) is 7.05 Å². The van der Waals surface area contributed by atoms with Crippen LogP contribution in [0.3, 0.4) is 0 Å². The molecule has 0 amide bonds. The van der Waals surface area contributed by atoms with Gasteiger partial charge >= 0.3 is 0 Å². The highest BCUT2D eigenvalue weighted by atomic mass is 32.2. The lowest BCUT2D eigenvalue weighted by atomic mass is 10.3. The zero-order chi connectivity index (χ0) is 14.8. The van der Waals surface area contributed by atoms with Crippen molar-refractivity contribution in [3.05, 3.63) is 37.7 Å². The molecule has 2 N–H and O–H groups in total. The van der Waals surface area contributed by atoms with Gasteiger partial charge in [-0.05, 0) is 48.8 Å². The molecular weight excluding hydrogens is 312 g/mol. The lowest BCUT2D eigenvalue weighted by molar-refractivity contribution is 0.580. The predicted molar refractivity (Wildman–Crippen MR) is 84.9 cm³/mol. The van der Waals surface area contributed by atoms with Crippen molar-refractivity contribution < 1.29 is 8.42 Å². The van der Waals surface area contributed by atoms with Crippen LogP contribution in [-0.4, -0.2) is 15.5 Å². The summed E-state index contributed by atoms with van der Waals surface area (Å²) in [6, 6.07) is 2.00. The minimum absolute atomic E-state index is 0.347. The molecule has 0 atom stereocenters. The summed E-state index contributed by atoms with van der Waals surface area (Å²) < 4.78 is 27.7. The van der Waals surface area contributed by atoms with Gasteiger partial charge in [0.2, 0.25) is 10.0 Å².